The van der Waals surface area contributed by atoms with Crippen LogP contribution < -0.4 is 14.8 Å². The Morgan fingerprint density at radius 1 is 1.15 bits per heavy atom. The molecule has 0 aliphatic carbocycles. The first kappa shape index (κ1) is 12.8. The number of alkyl halides is 3. The summed E-state index contributed by atoms with van der Waals surface area (Å²) in [4.78, 5) is 3.95. The summed E-state index contributed by atoms with van der Waals surface area (Å²) in [7, 11) is 0. The van der Waals surface area contributed by atoms with Gasteiger partial charge in [-0.1, -0.05) is 0 Å². The Morgan fingerprint density at radius 2 is 1.85 bits per heavy atom. The van der Waals surface area contributed by atoms with Crippen molar-refractivity contribution in [3.8, 4) is 11.5 Å². The van der Waals surface area contributed by atoms with Gasteiger partial charge in [0.25, 0.3) is 0 Å². The molecule has 4 nitrogen and oxygen atoms in total. The Kier molecular flexibility index (Phi) is 3.04. The van der Waals surface area contributed by atoms with Crippen molar-refractivity contribution in [3.63, 3.8) is 0 Å². The van der Waals surface area contributed by atoms with E-state index in [1.807, 2.05) is 0 Å². The third-order valence-corrected chi connectivity index (χ3v) is 2.88. The molecule has 0 spiro atoms. The average Bonchev–Trinajstić information content (AvgIpc) is 2.42. The fraction of sp³-hybridized carbons (Fsp3) is 0.308. The standard InChI is InChI=1S/C13H11F3N2O2/c14-13(15,16)7-18-12-9-6-11-10(19-3-4-20-11)5-8(9)1-2-17-12/h1-2,5-6H,3-4,7H2,(H,17,18). The highest BCUT2D eigenvalue weighted by atomic mass is 19.4. The summed E-state index contributed by atoms with van der Waals surface area (Å²) in [5, 5.41) is 3.62. The lowest BCUT2D eigenvalue weighted by molar-refractivity contribution is -0.115. The lowest BCUT2D eigenvalue weighted by atomic mass is 10.1. The maximum Gasteiger partial charge on any atom is 0.405 e. The van der Waals surface area contributed by atoms with Crippen molar-refractivity contribution < 1.29 is 22.6 Å². The average molecular weight is 284 g/mol. The molecular weight excluding hydrogens is 273 g/mol. The predicted molar refractivity (Wildman–Crippen MR) is 67.3 cm³/mol. The zero-order valence-corrected chi connectivity index (χ0v) is 10.3. The largest absolute Gasteiger partial charge is 0.486 e. The van der Waals surface area contributed by atoms with Crippen molar-refractivity contribution in [1.29, 1.82) is 0 Å². The van der Waals surface area contributed by atoms with E-state index in [-0.39, 0.29) is 5.82 Å². The molecule has 3 rings (SSSR count). The van der Waals surface area contributed by atoms with E-state index in [2.05, 4.69) is 10.3 Å². The van der Waals surface area contributed by atoms with E-state index in [1.54, 1.807) is 18.2 Å². The summed E-state index contributed by atoms with van der Waals surface area (Å²) < 4.78 is 47.7. The summed E-state index contributed by atoms with van der Waals surface area (Å²) in [5.41, 5.74) is 0. The minimum Gasteiger partial charge on any atom is -0.486 e. The van der Waals surface area contributed by atoms with Gasteiger partial charge in [0.2, 0.25) is 0 Å². The molecule has 2 aromatic rings. The van der Waals surface area contributed by atoms with Gasteiger partial charge in [0.05, 0.1) is 0 Å². The summed E-state index contributed by atoms with van der Waals surface area (Å²) >= 11 is 0. The van der Waals surface area contributed by atoms with Crippen LogP contribution in [0.1, 0.15) is 0 Å². The van der Waals surface area contributed by atoms with Gasteiger partial charge in [-0.25, -0.2) is 4.98 Å². The molecular formula is C13H11F3N2O2. The van der Waals surface area contributed by atoms with Crippen molar-refractivity contribution in [2.45, 2.75) is 6.18 Å². The molecule has 20 heavy (non-hydrogen) atoms. The third-order valence-electron chi connectivity index (χ3n) is 2.88. The van der Waals surface area contributed by atoms with E-state index in [1.165, 1.54) is 6.20 Å². The van der Waals surface area contributed by atoms with Crippen LogP contribution in [0.4, 0.5) is 19.0 Å². The lowest BCUT2D eigenvalue weighted by Gasteiger charge is -2.19. The second-order valence-electron chi connectivity index (χ2n) is 4.35. The second kappa shape index (κ2) is 4.73. The molecule has 0 atom stereocenters. The number of fused-ring (bicyclic) bond motifs is 2. The molecule has 0 amide bonds. The van der Waals surface area contributed by atoms with E-state index >= 15 is 0 Å². The van der Waals surface area contributed by atoms with Crippen molar-refractivity contribution in [3.05, 3.63) is 24.4 Å². The molecule has 2 heterocycles. The molecule has 106 valence electrons. The van der Waals surface area contributed by atoms with Gasteiger partial charge in [-0.2, -0.15) is 13.2 Å². The van der Waals surface area contributed by atoms with E-state index in [9.17, 15) is 13.2 Å². The fourth-order valence-corrected chi connectivity index (χ4v) is 2.03. The summed E-state index contributed by atoms with van der Waals surface area (Å²) in [5.74, 6) is 1.29. The van der Waals surface area contributed by atoms with Crippen molar-refractivity contribution >= 4 is 16.6 Å². The quantitative estimate of drug-likeness (QED) is 0.920. The number of benzene rings is 1. The van der Waals surface area contributed by atoms with Gasteiger partial charge in [0, 0.05) is 11.6 Å². The molecule has 1 N–H and O–H groups in total. The first-order valence-electron chi connectivity index (χ1n) is 6.02. The molecule has 0 unspecified atom stereocenters. The monoisotopic (exact) mass is 284 g/mol. The van der Waals surface area contributed by atoms with Gasteiger partial charge in [0.15, 0.2) is 11.5 Å². The number of anilines is 1. The zero-order chi connectivity index (χ0) is 14.2. The van der Waals surface area contributed by atoms with Gasteiger partial charge >= 0.3 is 6.18 Å². The Morgan fingerprint density at radius 3 is 2.55 bits per heavy atom. The van der Waals surface area contributed by atoms with Crippen LogP contribution in [0.2, 0.25) is 0 Å². The smallest absolute Gasteiger partial charge is 0.405 e. The zero-order valence-electron chi connectivity index (χ0n) is 10.3. The second-order valence-corrected chi connectivity index (χ2v) is 4.35. The molecule has 1 aliphatic heterocycles. The molecule has 0 saturated heterocycles. The summed E-state index contributed by atoms with van der Waals surface area (Å²) in [6.45, 7) is -0.250. The van der Waals surface area contributed by atoms with Crippen LogP contribution in [0.5, 0.6) is 11.5 Å². The topological polar surface area (TPSA) is 43.4 Å². The molecule has 0 bridgehead atoms. The molecule has 1 aromatic heterocycles. The molecule has 1 aromatic carbocycles. The maximum absolute atomic E-state index is 12.3. The van der Waals surface area contributed by atoms with E-state index < -0.39 is 12.7 Å². The van der Waals surface area contributed by atoms with Gasteiger partial charge in [0.1, 0.15) is 25.6 Å². The van der Waals surface area contributed by atoms with Crippen molar-refractivity contribution in [1.82, 2.24) is 4.98 Å². The number of aromatic nitrogens is 1. The molecule has 0 fully saturated rings. The van der Waals surface area contributed by atoms with Gasteiger partial charge < -0.3 is 14.8 Å². The normalized spacial score (nSPS) is 14.3. The number of hydrogen-bond donors (Lipinski definition) is 1. The number of pyridine rings is 1. The van der Waals surface area contributed by atoms with E-state index in [0.717, 1.165) is 5.39 Å². The third kappa shape index (κ3) is 2.56. The number of nitrogens with zero attached hydrogens (tertiary/aromatic N) is 1. The van der Waals surface area contributed by atoms with Crippen LogP contribution in [0.15, 0.2) is 24.4 Å². The predicted octanol–water partition coefficient (Wildman–Crippen LogP) is 2.98. The molecule has 7 heteroatoms. The Balaban J connectivity index is 2.00. The van der Waals surface area contributed by atoms with Crippen LogP contribution in [0.3, 0.4) is 0 Å². The SMILES string of the molecule is FC(F)(F)CNc1nccc2cc3c(cc12)OCCO3. The Labute approximate surface area is 112 Å². The van der Waals surface area contributed by atoms with Gasteiger partial charge in [-0.05, 0) is 23.6 Å². The minimum absolute atomic E-state index is 0.178. The van der Waals surface area contributed by atoms with E-state index in [0.29, 0.717) is 30.1 Å². The number of rotatable bonds is 2. The number of hydrogen-bond acceptors (Lipinski definition) is 4. The van der Waals surface area contributed by atoms with Crippen LogP contribution in [-0.2, 0) is 0 Å². The fourth-order valence-electron chi connectivity index (χ4n) is 2.03. The van der Waals surface area contributed by atoms with Crippen LogP contribution in [0.25, 0.3) is 10.8 Å². The number of halogens is 3. The maximum atomic E-state index is 12.3. The van der Waals surface area contributed by atoms with Gasteiger partial charge in [-0.3, -0.25) is 0 Å². The van der Waals surface area contributed by atoms with Crippen molar-refractivity contribution in [2.75, 3.05) is 25.1 Å². The Hall–Kier alpha value is -2.18. The van der Waals surface area contributed by atoms with Gasteiger partial charge in [-0.15, -0.1) is 0 Å². The lowest BCUT2D eigenvalue weighted by Crippen LogP contribution is -2.22. The number of ether oxygens (including phenoxy) is 2. The minimum atomic E-state index is -4.29. The van der Waals surface area contributed by atoms with Crippen LogP contribution in [-0.4, -0.2) is 30.9 Å². The van der Waals surface area contributed by atoms with Crippen LogP contribution in [0, 0.1) is 0 Å². The first-order valence-corrected chi connectivity index (χ1v) is 6.02. The Bertz CT molecular complexity index is 643. The highest BCUT2D eigenvalue weighted by Gasteiger charge is 2.27. The summed E-state index contributed by atoms with van der Waals surface area (Å²) in [6.07, 6.45) is -2.84. The summed E-state index contributed by atoms with van der Waals surface area (Å²) in [6, 6.07) is 5.10. The number of nitrogens with one attached hydrogen (secondary N) is 1. The van der Waals surface area contributed by atoms with E-state index in [4.69, 9.17) is 9.47 Å². The molecule has 1 aliphatic rings. The molecule has 0 saturated carbocycles. The van der Waals surface area contributed by atoms with Crippen molar-refractivity contribution in [2.24, 2.45) is 0 Å². The first-order chi connectivity index (χ1) is 9.53. The van der Waals surface area contributed by atoms with Crippen LogP contribution >= 0.6 is 0 Å². The molecule has 0 radical (unpaired) electrons. The highest BCUT2D eigenvalue weighted by Crippen LogP contribution is 2.36. The highest BCUT2D eigenvalue weighted by molar-refractivity contribution is 5.94.